The molecule has 0 saturated carbocycles. The Labute approximate surface area is 61.4 Å². The zero-order chi connectivity index (χ0) is 6.97. The van der Waals surface area contributed by atoms with E-state index in [0.717, 1.165) is 12.5 Å². The predicted octanol–water partition coefficient (Wildman–Crippen LogP) is 1.14. The number of nitrogens with zero attached hydrogens (tertiary/aromatic N) is 2. The fourth-order valence-electron chi connectivity index (χ4n) is 2.23. The maximum atomic E-state index is 8.72. The summed E-state index contributed by atoms with van der Waals surface area (Å²) in [5.41, 5.74) is 0. The van der Waals surface area contributed by atoms with Crippen LogP contribution in [0.5, 0.6) is 0 Å². The van der Waals surface area contributed by atoms with Gasteiger partial charge in [-0.1, -0.05) is 0 Å². The Balaban J connectivity index is 2.10. The Morgan fingerprint density at radius 3 is 3.00 bits per heavy atom. The van der Waals surface area contributed by atoms with Crippen molar-refractivity contribution < 1.29 is 0 Å². The topological polar surface area (TPSA) is 27.0 Å². The van der Waals surface area contributed by atoms with E-state index in [1.54, 1.807) is 0 Å². The van der Waals surface area contributed by atoms with Gasteiger partial charge in [0.25, 0.3) is 0 Å². The average Bonchev–Trinajstić information content (AvgIpc) is 2.44. The average molecular weight is 136 g/mol. The first-order chi connectivity index (χ1) is 4.92. The molecule has 0 aliphatic carbocycles. The van der Waals surface area contributed by atoms with Crippen LogP contribution in [0.4, 0.5) is 0 Å². The van der Waals surface area contributed by atoms with Gasteiger partial charge >= 0.3 is 0 Å². The maximum Gasteiger partial charge on any atom is 0.0980 e. The summed E-state index contributed by atoms with van der Waals surface area (Å²) in [6, 6.07) is 3.39. The Hall–Kier alpha value is -0.550. The van der Waals surface area contributed by atoms with Crippen LogP contribution in [0.15, 0.2) is 0 Å². The maximum absolute atomic E-state index is 8.72. The van der Waals surface area contributed by atoms with Gasteiger partial charge in [0.2, 0.25) is 0 Å². The summed E-state index contributed by atoms with van der Waals surface area (Å²) in [6.07, 6.45) is 5.01. The summed E-state index contributed by atoms with van der Waals surface area (Å²) in [4.78, 5) is 2.38. The highest BCUT2D eigenvalue weighted by molar-refractivity contribution is 5.02. The molecule has 0 N–H and O–H groups in total. The third-order valence-electron chi connectivity index (χ3n) is 2.75. The normalized spacial score (nSPS) is 39.5. The van der Waals surface area contributed by atoms with Gasteiger partial charge in [-0.15, -0.1) is 0 Å². The highest BCUT2D eigenvalue weighted by Crippen LogP contribution is 2.31. The number of fused-ring (bicyclic) bond motifs is 1. The fourth-order valence-corrected chi connectivity index (χ4v) is 2.23. The second kappa shape index (κ2) is 2.25. The van der Waals surface area contributed by atoms with E-state index in [2.05, 4.69) is 11.0 Å². The molecule has 2 aliphatic rings. The summed E-state index contributed by atoms with van der Waals surface area (Å²) in [5.74, 6) is 0. The van der Waals surface area contributed by atoms with E-state index in [0.29, 0.717) is 0 Å². The zero-order valence-corrected chi connectivity index (χ0v) is 6.08. The molecule has 2 fully saturated rings. The van der Waals surface area contributed by atoms with Crippen LogP contribution in [0.2, 0.25) is 0 Å². The van der Waals surface area contributed by atoms with Crippen LogP contribution in [0.1, 0.15) is 25.7 Å². The molecular formula is C8H12N2. The molecule has 54 valence electrons. The minimum Gasteiger partial charge on any atom is -0.285 e. The Kier molecular flexibility index (Phi) is 1.39. The molecule has 0 bridgehead atoms. The summed E-state index contributed by atoms with van der Waals surface area (Å²) < 4.78 is 0. The van der Waals surface area contributed by atoms with Crippen molar-refractivity contribution in [2.75, 3.05) is 6.54 Å². The number of nitriles is 1. The standard InChI is InChI=1S/C8H12N2/c9-6-8-4-3-7-2-1-5-10(7)8/h7-8H,1-5H2/t7-,8+/m0/s1. The first-order valence-electron chi connectivity index (χ1n) is 4.07. The van der Waals surface area contributed by atoms with Crippen molar-refractivity contribution in [1.82, 2.24) is 4.90 Å². The van der Waals surface area contributed by atoms with Gasteiger partial charge in [-0.3, -0.25) is 4.90 Å². The van der Waals surface area contributed by atoms with Crippen molar-refractivity contribution in [3.63, 3.8) is 0 Å². The SMILES string of the molecule is N#C[C@H]1CC[C@@H]2CCCN21. The number of hydrogen-bond acceptors (Lipinski definition) is 2. The molecule has 0 radical (unpaired) electrons. The molecule has 2 heterocycles. The van der Waals surface area contributed by atoms with E-state index in [4.69, 9.17) is 5.26 Å². The Bertz CT molecular complexity index is 171. The summed E-state index contributed by atoms with van der Waals surface area (Å²) in [6.45, 7) is 1.17. The Morgan fingerprint density at radius 1 is 1.30 bits per heavy atom. The van der Waals surface area contributed by atoms with Crippen LogP contribution in [-0.4, -0.2) is 23.5 Å². The monoisotopic (exact) mass is 136 g/mol. The third kappa shape index (κ3) is 0.741. The van der Waals surface area contributed by atoms with Gasteiger partial charge in [0.05, 0.1) is 12.1 Å². The van der Waals surface area contributed by atoms with E-state index in [1.807, 2.05) is 0 Å². The van der Waals surface area contributed by atoms with Gasteiger partial charge in [0.15, 0.2) is 0 Å². The first-order valence-corrected chi connectivity index (χ1v) is 4.07. The summed E-state index contributed by atoms with van der Waals surface area (Å²) in [5, 5.41) is 8.72. The van der Waals surface area contributed by atoms with E-state index in [-0.39, 0.29) is 6.04 Å². The minimum absolute atomic E-state index is 0.257. The van der Waals surface area contributed by atoms with Crippen LogP contribution in [0, 0.1) is 11.3 Å². The van der Waals surface area contributed by atoms with Crippen LogP contribution >= 0.6 is 0 Å². The highest BCUT2D eigenvalue weighted by Gasteiger charge is 2.36. The van der Waals surface area contributed by atoms with Crippen LogP contribution < -0.4 is 0 Å². The molecule has 2 nitrogen and oxygen atoms in total. The molecule has 0 amide bonds. The van der Waals surface area contributed by atoms with E-state index >= 15 is 0 Å². The molecule has 2 rings (SSSR count). The third-order valence-corrected chi connectivity index (χ3v) is 2.75. The molecule has 10 heavy (non-hydrogen) atoms. The lowest BCUT2D eigenvalue weighted by molar-refractivity contribution is 0.284. The van der Waals surface area contributed by atoms with Crippen molar-refractivity contribution in [3.05, 3.63) is 0 Å². The van der Waals surface area contributed by atoms with Gasteiger partial charge in [-0.2, -0.15) is 5.26 Å². The highest BCUT2D eigenvalue weighted by atomic mass is 15.2. The quantitative estimate of drug-likeness (QED) is 0.499. The van der Waals surface area contributed by atoms with E-state index in [9.17, 15) is 0 Å². The van der Waals surface area contributed by atoms with Crippen molar-refractivity contribution in [1.29, 1.82) is 5.26 Å². The molecule has 0 aromatic carbocycles. The minimum atomic E-state index is 0.257. The number of hydrogen-bond donors (Lipinski definition) is 0. The summed E-state index contributed by atoms with van der Waals surface area (Å²) in [7, 11) is 0. The van der Waals surface area contributed by atoms with Crippen molar-refractivity contribution in [2.24, 2.45) is 0 Å². The van der Waals surface area contributed by atoms with E-state index in [1.165, 1.54) is 25.8 Å². The van der Waals surface area contributed by atoms with Gasteiger partial charge in [-0.25, -0.2) is 0 Å². The zero-order valence-electron chi connectivity index (χ0n) is 6.08. The molecule has 2 aliphatic heterocycles. The molecule has 0 aromatic rings. The Morgan fingerprint density at radius 2 is 2.20 bits per heavy atom. The molecule has 2 saturated heterocycles. The molecule has 2 heteroatoms. The van der Waals surface area contributed by atoms with E-state index < -0.39 is 0 Å². The number of rotatable bonds is 0. The second-order valence-corrected chi connectivity index (χ2v) is 3.26. The smallest absolute Gasteiger partial charge is 0.0980 e. The van der Waals surface area contributed by atoms with Gasteiger partial charge in [0.1, 0.15) is 0 Å². The molecule has 2 atom stereocenters. The fraction of sp³-hybridized carbons (Fsp3) is 0.875. The van der Waals surface area contributed by atoms with Gasteiger partial charge in [0, 0.05) is 6.04 Å². The van der Waals surface area contributed by atoms with Gasteiger partial charge in [-0.05, 0) is 32.2 Å². The lowest BCUT2D eigenvalue weighted by Gasteiger charge is -2.16. The lowest BCUT2D eigenvalue weighted by Crippen LogP contribution is -2.29. The van der Waals surface area contributed by atoms with Crippen LogP contribution in [0.3, 0.4) is 0 Å². The first kappa shape index (κ1) is 6.18. The lowest BCUT2D eigenvalue weighted by atomic mass is 10.1. The molecule has 0 spiro atoms. The van der Waals surface area contributed by atoms with Gasteiger partial charge < -0.3 is 0 Å². The molecule has 0 aromatic heterocycles. The van der Waals surface area contributed by atoms with Crippen molar-refractivity contribution in [3.8, 4) is 6.07 Å². The molecular weight excluding hydrogens is 124 g/mol. The summed E-state index contributed by atoms with van der Waals surface area (Å²) >= 11 is 0. The van der Waals surface area contributed by atoms with Crippen molar-refractivity contribution in [2.45, 2.75) is 37.8 Å². The largest absolute Gasteiger partial charge is 0.285 e. The second-order valence-electron chi connectivity index (χ2n) is 3.26. The van der Waals surface area contributed by atoms with Crippen LogP contribution in [-0.2, 0) is 0 Å². The van der Waals surface area contributed by atoms with Crippen molar-refractivity contribution >= 4 is 0 Å². The molecule has 0 unspecified atom stereocenters. The predicted molar refractivity (Wildman–Crippen MR) is 38.4 cm³/mol. The van der Waals surface area contributed by atoms with Crippen LogP contribution in [0.25, 0.3) is 0 Å².